The van der Waals surface area contributed by atoms with E-state index in [1.165, 1.54) is 6.07 Å². The molecule has 4 heteroatoms. The van der Waals surface area contributed by atoms with Gasteiger partial charge in [0.2, 0.25) is 0 Å². The fourth-order valence-corrected chi connectivity index (χ4v) is 2.20. The molecular formula is C15H14BrNO2. The number of amides is 1. The highest BCUT2D eigenvalue weighted by Crippen LogP contribution is 2.26. The molecule has 0 saturated heterocycles. The summed E-state index contributed by atoms with van der Waals surface area (Å²) in [5.41, 5.74) is 3.07. The van der Waals surface area contributed by atoms with Crippen molar-refractivity contribution in [2.45, 2.75) is 13.8 Å². The molecule has 0 aliphatic rings. The first-order valence-electron chi connectivity index (χ1n) is 5.85. The first kappa shape index (κ1) is 13.6. The van der Waals surface area contributed by atoms with Crippen molar-refractivity contribution in [2.75, 3.05) is 5.32 Å². The number of carbonyl (C=O) groups excluding carboxylic acids is 1. The molecule has 2 N–H and O–H groups in total. The number of hydrogen-bond donors (Lipinski definition) is 2. The van der Waals surface area contributed by atoms with Crippen LogP contribution in [0, 0.1) is 13.8 Å². The summed E-state index contributed by atoms with van der Waals surface area (Å²) in [5, 5.41) is 12.2. The maximum Gasteiger partial charge on any atom is 0.255 e. The van der Waals surface area contributed by atoms with Gasteiger partial charge >= 0.3 is 0 Å². The Morgan fingerprint density at radius 2 is 1.89 bits per heavy atom. The molecule has 2 rings (SSSR count). The summed E-state index contributed by atoms with van der Waals surface area (Å²) in [6.07, 6.45) is 0. The minimum atomic E-state index is -0.191. The Morgan fingerprint density at radius 1 is 1.16 bits per heavy atom. The third-order valence-corrected chi connectivity index (χ3v) is 3.95. The van der Waals surface area contributed by atoms with Crippen molar-refractivity contribution >= 4 is 27.5 Å². The second kappa shape index (κ2) is 5.45. The Bertz CT molecular complexity index is 638. The van der Waals surface area contributed by atoms with Crippen molar-refractivity contribution in [2.24, 2.45) is 0 Å². The lowest BCUT2D eigenvalue weighted by Gasteiger charge is -2.10. The molecule has 0 unspecified atom stereocenters. The van der Waals surface area contributed by atoms with Crippen molar-refractivity contribution in [1.82, 2.24) is 0 Å². The molecule has 0 bridgehead atoms. The van der Waals surface area contributed by atoms with Crippen LogP contribution in [0.15, 0.2) is 40.9 Å². The Morgan fingerprint density at radius 3 is 2.58 bits per heavy atom. The number of nitrogens with one attached hydrogen (secondary N) is 1. The highest BCUT2D eigenvalue weighted by Gasteiger charge is 2.11. The first-order chi connectivity index (χ1) is 8.99. The van der Waals surface area contributed by atoms with Crippen LogP contribution in [0.1, 0.15) is 21.5 Å². The van der Waals surface area contributed by atoms with E-state index in [9.17, 15) is 9.90 Å². The van der Waals surface area contributed by atoms with Gasteiger partial charge in [-0.3, -0.25) is 4.79 Å². The molecule has 0 spiro atoms. The summed E-state index contributed by atoms with van der Waals surface area (Å²) in [5.74, 6) is -0.0328. The van der Waals surface area contributed by atoms with Crippen LogP contribution in [0.3, 0.4) is 0 Å². The number of aromatic hydroxyl groups is 1. The number of aryl methyl sites for hydroxylation is 2. The number of hydrogen-bond acceptors (Lipinski definition) is 2. The summed E-state index contributed by atoms with van der Waals surface area (Å²) in [4.78, 5) is 12.2. The minimum absolute atomic E-state index is 0.158. The Hall–Kier alpha value is -1.81. The molecule has 0 heterocycles. The van der Waals surface area contributed by atoms with Crippen LogP contribution in [-0.2, 0) is 0 Å². The standard InChI is InChI=1S/C15H14BrNO2/c1-9-4-3-5-13(14(9)16)17-15(19)12-7-6-11(18)8-10(12)2/h3-8,18H,1-2H3,(H,17,19). The van der Waals surface area contributed by atoms with Crippen molar-refractivity contribution < 1.29 is 9.90 Å². The van der Waals surface area contributed by atoms with Gasteiger partial charge in [0.25, 0.3) is 5.91 Å². The normalized spacial score (nSPS) is 10.3. The van der Waals surface area contributed by atoms with Crippen LogP contribution >= 0.6 is 15.9 Å². The zero-order chi connectivity index (χ0) is 14.0. The van der Waals surface area contributed by atoms with Gasteiger partial charge in [-0.2, -0.15) is 0 Å². The van der Waals surface area contributed by atoms with Gasteiger partial charge in [0.15, 0.2) is 0 Å². The van der Waals surface area contributed by atoms with E-state index in [4.69, 9.17) is 0 Å². The van der Waals surface area contributed by atoms with Crippen molar-refractivity contribution in [3.05, 3.63) is 57.6 Å². The smallest absolute Gasteiger partial charge is 0.255 e. The predicted molar refractivity (Wildman–Crippen MR) is 79.7 cm³/mol. The highest BCUT2D eigenvalue weighted by molar-refractivity contribution is 9.10. The van der Waals surface area contributed by atoms with Crippen molar-refractivity contribution in [3.63, 3.8) is 0 Å². The van der Waals surface area contributed by atoms with E-state index < -0.39 is 0 Å². The van der Waals surface area contributed by atoms with Crippen LogP contribution in [0.2, 0.25) is 0 Å². The van der Waals surface area contributed by atoms with Gasteiger partial charge in [-0.05, 0) is 65.2 Å². The van der Waals surface area contributed by atoms with Gasteiger partial charge in [0.05, 0.1) is 5.69 Å². The average Bonchev–Trinajstić information content (AvgIpc) is 2.34. The molecule has 19 heavy (non-hydrogen) atoms. The molecule has 0 saturated carbocycles. The second-order valence-electron chi connectivity index (χ2n) is 4.39. The second-order valence-corrected chi connectivity index (χ2v) is 5.18. The summed E-state index contributed by atoms with van der Waals surface area (Å²) >= 11 is 3.46. The zero-order valence-corrected chi connectivity index (χ0v) is 12.3. The Balaban J connectivity index is 2.28. The summed E-state index contributed by atoms with van der Waals surface area (Å²) in [6.45, 7) is 3.76. The largest absolute Gasteiger partial charge is 0.508 e. The number of halogens is 1. The molecule has 98 valence electrons. The molecule has 2 aromatic rings. The Labute approximate surface area is 120 Å². The van der Waals surface area contributed by atoms with Crippen molar-refractivity contribution in [1.29, 1.82) is 0 Å². The van der Waals surface area contributed by atoms with E-state index in [0.717, 1.165) is 21.3 Å². The van der Waals surface area contributed by atoms with Crippen LogP contribution in [0.5, 0.6) is 5.75 Å². The van der Waals surface area contributed by atoms with E-state index in [0.29, 0.717) is 5.56 Å². The Kier molecular flexibility index (Phi) is 3.90. The zero-order valence-electron chi connectivity index (χ0n) is 10.7. The highest BCUT2D eigenvalue weighted by atomic mass is 79.9. The fourth-order valence-electron chi connectivity index (χ4n) is 1.84. The number of benzene rings is 2. The molecule has 0 fully saturated rings. The van der Waals surface area contributed by atoms with E-state index in [-0.39, 0.29) is 11.7 Å². The van der Waals surface area contributed by atoms with Crippen molar-refractivity contribution in [3.8, 4) is 5.75 Å². The number of anilines is 1. The predicted octanol–water partition coefficient (Wildman–Crippen LogP) is 4.02. The van der Waals surface area contributed by atoms with Gasteiger partial charge in [0, 0.05) is 10.0 Å². The number of phenols is 1. The van der Waals surface area contributed by atoms with E-state index in [1.54, 1.807) is 19.1 Å². The van der Waals surface area contributed by atoms with Crippen LogP contribution < -0.4 is 5.32 Å². The maximum atomic E-state index is 12.2. The van der Waals surface area contributed by atoms with E-state index in [1.807, 2.05) is 25.1 Å². The number of rotatable bonds is 2. The fraction of sp³-hybridized carbons (Fsp3) is 0.133. The molecule has 1 amide bonds. The van der Waals surface area contributed by atoms with Gasteiger partial charge in [-0.15, -0.1) is 0 Å². The van der Waals surface area contributed by atoms with Gasteiger partial charge in [0.1, 0.15) is 5.75 Å². The molecule has 0 aliphatic heterocycles. The third kappa shape index (κ3) is 2.96. The molecule has 0 atom stereocenters. The SMILES string of the molecule is Cc1cc(O)ccc1C(=O)Nc1cccc(C)c1Br. The minimum Gasteiger partial charge on any atom is -0.508 e. The van der Waals surface area contributed by atoms with Gasteiger partial charge in [-0.25, -0.2) is 0 Å². The quantitative estimate of drug-likeness (QED) is 0.878. The van der Waals surface area contributed by atoms with E-state index >= 15 is 0 Å². The lowest BCUT2D eigenvalue weighted by atomic mass is 10.1. The molecule has 0 aliphatic carbocycles. The summed E-state index contributed by atoms with van der Waals surface area (Å²) < 4.78 is 0.875. The average molecular weight is 320 g/mol. The summed E-state index contributed by atoms with van der Waals surface area (Å²) in [7, 11) is 0. The number of carbonyl (C=O) groups is 1. The van der Waals surface area contributed by atoms with Gasteiger partial charge in [-0.1, -0.05) is 12.1 Å². The number of phenolic OH excluding ortho intramolecular Hbond substituents is 1. The first-order valence-corrected chi connectivity index (χ1v) is 6.64. The van der Waals surface area contributed by atoms with Crippen LogP contribution in [0.4, 0.5) is 5.69 Å². The van der Waals surface area contributed by atoms with Crippen LogP contribution in [-0.4, -0.2) is 11.0 Å². The lowest BCUT2D eigenvalue weighted by molar-refractivity contribution is 0.102. The monoisotopic (exact) mass is 319 g/mol. The molecule has 2 aromatic carbocycles. The molecular weight excluding hydrogens is 306 g/mol. The molecule has 3 nitrogen and oxygen atoms in total. The van der Waals surface area contributed by atoms with Crippen LogP contribution in [0.25, 0.3) is 0 Å². The molecule has 0 radical (unpaired) electrons. The van der Waals surface area contributed by atoms with E-state index in [2.05, 4.69) is 21.2 Å². The maximum absolute atomic E-state index is 12.2. The lowest BCUT2D eigenvalue weighted by Crippen LogP contribution is -2.13. The summed E-state index contributed by atoms with van der Waals surface area (Å²) in [6, 6.07) is 10.4. The molecule has 0 aromatic heterocycles. The topological polar surface area (TPSA) is 49.3 Å². The van der Waals surface area contributed by atoms with Gasteiger partial charge < -0.3 is 10.4 Å². The third-order valence-electron chi connectivity index (χ3n) is 2.89.